The predicted octanol–water partition coefficient (Wildman–Crippen LogP) is 3.52. The van der Waals surface area contributed by atoms with Crippen LogP contribution in [0.1, 0.15) is 16.8 Å². The second kappa shape index (κ2) is 6.45. The third kappa shape index (κ3) is 3.74. The summed E-state index contributed by atoms with van der Waals surface area (Å²) in [6.45, 7) is 4.74. The van der Waals surface area contributed by atoms with Gasteiger partial charge in [-0.1, -0.05) is 29.3 Å². The Hall–Kier alpha value is -1.59. The van der Waals surface area contributed by atoms with Crippen molar-refractivity contribution in [1.29, 1.82) is 0 Å². The zero-order chi connectivity index (χ0) is 15.6. The molecular formula is C15H19ClN4S. The minimum absolute atomic E-state index is 0.603. The van der Waals surface area contributed by atoms with Crippen LogP contribution in [0.15, 0.2) is 24.4 Å². The number of aryl methyl sites for hydroxylation is 3. The Bertz CT molecular complexity index is 646. The summed E-state index contributed by atoms with van der Waals surface area (Å²) in [7, 11) is 3.80. The van der Waals surface area contributed by atoms with Crippen LogP contribution in [0, 0.1) is 13.8 Å². The molecule has 0 spiro atoms. The van der Waals surface area contributed by atoms with Crippen molar-refractivity contribution >= 4 is 34.6 Å². The summed E-state index contributed by atoms with van der Waals surface area (Å²) >= 11 is 11.6. The second-order valence-corrected chi connectivity index (χ2v) is 5.96. The van der Waals surface area contributed by atoms with Crippen molar-refractivity contribution < 1.29 is 0 Å². The SMILES string of the molecule is Cc1ccc(NC(=S)N(C)Cc2c(Cl)cnn2C)c(C)c1. The van der Waals surface area contributed by atoms with E-state index in [0.717, 1.165) is 11.4 Å². The summed E-state index contributed by atoms with van der Waals surface area (Å²) in [4.78, 5) is 1.94. The molecular weight excluding hydrogens is 304 g/mol. The molecule has 0 aliphatic rings. The molecule has 1 N–H and O–H groups in total. The first kappa shape index (κ1) is 15.8. The van der Waals surface area contributed by atoms with Gasteiger partial charge in [0, 0.05) is 19.8 Å². The monoisotopic (exact) mass is 322 g/mol. The van der Waals surface area contributed by atoms with Crippen LogP contribution in [0.5, 0.6) is 0 Å². The molecule has 0 amide bonds. The Morgan fingerprint density at radius 3 is 2.71 bits per heavy atom. The maximum Gasteiger partial charge on any atom is 0.173 e. The fraction of sp³-hybridized carbons (Fsp3) is 0.333. The average molecular weight is 323 g/mol. The quantitative estimate of drug-likeness (QED) is 0.877. The predicted molar refractivity (Wildman–Crippen MR) is 91.8 cm³/mol. The highest BCUT2D eigenvalue weighted by Crippen LogP contribution is 2.18. The number of thiocarbonyl (C=S) groups is 1. The number of halogens is 1. The fourth-order valence-electron chi connectivity index (χ4n) is 2.07. The van der Waals surface area contributed by atoms with Gasteiger partial charge in [0.05, 0.1) is 23.5 Å². The standard InChI is InChI=1S/C15H19ClN4S/c1-10-5-6-13(11(2)7-10)18-15(21)19(3)9-14-12(16)8-17-20(14)4/h5-8H,9H2,1-4H3,(H,18,21). The van der Waals surface area contributed by atoms with Crippen molar-refractivity contribution in [2.75, 3.05) is 12.4 Å². The maximum absolute atomic E-state index is 6.12. The molecule has 0 fully saturated rings. The van der Waals surface area contributed by atoms with E-state index in [1.165, 1.54) is 11.1 Å². The minimum atomic E-state index is 0.603. The normalized spacial score (nSPS) is 10.5. The Labute approximate surface area is 135 Å². The van der Waals surface area contributed by atoms with Crippen molar-refractivity contribution in [2.45, 2.75) is 20.4 Å². The third-order valence-corrected chi connectivity index (χ3v) is 4.10. The van der Waals surface area contributed by atoms with Gasteiger partial charge in [0.15, 0.2) is 5.11 Å². The molecule has 1 heterocycles. The van der Waals surface area contributed by atoms with E-state index in [4.69, 9.17) is 23.8 Å². The average Bonchev–Trinajstić information content (AvgIpc) is 2.73. The van der Waals surface area contributed by atoms with Crippen molar-refractivity contribution in [3.63, 3.8) is 0 Å². The summed E-state index contributed by atoms with van der Waals surface area (Å²) in [6, 6.07) is 6.24. The van der Waals surface area contributed by atoms with E-state index in [-0.39, 0.29) is 0 Å². The smallest absolute Gasteiger partial charge is 0.173 e. The van der Waals surface area contributed by atoms with E-state index in [9.17, 15) is 0 Å². The fourth-order valence-corrected chi connectivity index (χ4v) is 2.48. The minimum Gasteiger partial charge on any atom is -0.346 e. The first-order valence-electron chi connectivity index (χ1n) is 6.64. The number of nitrogens with one attached hydrogen (secondary N) is 1. The van der Waals surface area contributed by atoms with Gasteiger partial charge in [-0.25, -0.2) is 0 Å². The molecule has 112 valence electrons. The van der Waals surface area contributed by atoms with Crippen LogP contribution in [-0.2, 0) is 13.6 Å². The zero-order valence-electron chi connectivity index (χ0n) is 12.6. The molecule has 2 rings (SSSR count). The van der Waals surface area contributed by atoms with Gasteiger partial charge in [-0.3, -0.25) is 4.68 Å². The van der Waals surface area contributed by atoms with E-state index >= 15 is 0 Å². The Balaban J connectivity index is 2.06. The lowest BCUT2D eigenvalue weighted by molar-refractivity contribution is 0.482. The molecule has 0 saturated carbocycles. The molecule has 1 aromatic heterocycles. The molecule has 4 nitrogen and oxygen atoms in total. The molecule has 0 aliphatic carbocycles. The molecule has 6 heteroatoms. The molecule has 0 bridgehead atoms. The number of benzene rings is 1. The molecule has 0 unspecified atom stereocenters. The molecule has 0 aliphatic heterocycles. The largest absolute Gasteiger partial charge is 0.346 e. The molecule has 0 saturated heterocycles. The molecule has 0 atom stereocenters. The van der Waals surface area contributed by atoms with Crippen LogP contribution in [-0.4, -0.2) is 26.8 Å². The Morgan fingerprint density at radius 1 is 1.43 bits per heavy atom. The number of hydrogen-bond acceptors (Lipinski definition) is 2. The number of anilines is 1. The first-order valence-corrected chi connectivity index (χ1v) is 7.43. The van der Waals surface area contributed by atoms with E-state index in [2.05, 4.69) is 36.4 Å². The van der Waals surface area contributed by atoms with E-state index in [0.29, 0.717) is 16.7 Å². The first-order chi connectivity index (χ1) is 9.88. The van der Waals surface area contributed by atoms with E-state index < -0.39 is 0 Å². The van der Waals surface area contributed by atoms with Gasteiger partial charge in [-0.15, -0.1) is 0 Å². The lowest BCUT2D eigenvalue weighted by atomic mass is 10.1. The summed E-state index contributed by atoms with van der Waals surface area (Å²) in [5.74, 6) is 0. The van der Waals surface area contributed by atoms with Crippen LogP contribution in [0.4, 0.5) is 5.69 Å². The van der Waals surface area contributed by atoms with E-state index in [1.54, 1.807) is 10.9 Å². The van der Waals surface area contributed by atoms with Crippen LogP contribution in [0.25, 0.3) is 0 Å². The highest BCUT2D eigenvalue weighted by atomic mass is 35.5. The van der Waals surface area contributed by atoms with Crippen LogP contribution < -0.4 is 5.32 Å². The van der Waals surface area contributed by atoms with Gasteiger partial charge >= 0.3 is 0 Å². The Morgan fingerprint density at radius 2 is 2.14 bits per heavy atom. The van der Waals surface area contributed by atoms with Crippen molar-refractivity contribution in [1.82, 2.24) is 14.7 Å². The summed E-state index contributed by atoms with van der Waals surface area (Å²) in [5, 5.41) is 8.71. The molecule has 21 heavy (non-hydrogen) atoms. The topological polar surface area (TPSA) is 33.1 Å². The molecule has 0 radical (unpaired) electrons. The zero-order valence-corrected chi connectivity index (χ0v) is 14.2. The second-order valence-electron chi connectivity index (χ2n) is 5.17. The highest BCUT2D eigenvalue weighted by molar-refractivity contribution is 7.80. The maximum atomic E-state index is 6.12. The van der Waals surface area contributed by atoms with Crippen molar-refractivity contribution in [2.24, 2.45) is 7.05 Å². The van der Waals surface area contributed by atoms with Gasteiger partial charge in [-0.05, 0) is 37.7 Å². The number of aromatic nitrogens is 2. The third-order valence-electron chi connectivity index (χ3n) is 3.37. The van der Waals surface area contributed by atoms with Crippen LogP contribution >= 0.6 is 23.8 Å². The van der Waals surface area contributed by atoms with Gasteiger partial charge in [0.25, 0.3) is 0 Å². The van der Waals surface area contributed by atoms with Crippen molar-refractivity contribution in [3.8, 4) is 0 Å². The highest BCUT2D eigenvalue weighted by Gasteiger charge is 2.12. The van der Waals surface area contributed by atoms with Gasteiger partial charge in [-0.2, -0.15) is 5.10 Å². The van der Waals surface area contributed by atoms with Gasteiger partial charge in [0.1, 0.15) is 0 Å². The van der Waals surface area contributed by atoms with Crippen LogP contribution in [0.3, 0.4) is 0 Å². The van der Waals surface area contributed by atoms with Gasteiger partial charge < -0.3 is 10.2 Å². The summed E-state index contributed by atoms with van der Waals surface area (Å²) in [6.07, 6.45) is 1.64. The van der Waals surface area contributed by atoms with Crippen molar-refractivity contribution in [3.05, 3.63) is 46.2 Å². The number of nitrogens with zero attached hydrogens (tertiary/aromatic N) is 3. The summed E-state index contributed by atoms with van der Waals surface area (Å²) < 4.78 is 1.76. The Kier molecular flexibility index (Phi) is 4.85. The molecule has 2 aromatic rings. The lowest BCUT2D eigenvalue weighted by Gasteiger charge is -2.22. The van der Waals surface area contributed by atoms with Gasteiger partial charge in [0.2, 0.25) is 0 Å². The lowest BCUT2D eigenvalue weighted by Crippen LogP contribution is -2.31. The van der Waals surface area contributed by atoms with E-state index in [1.807, 2.05) is 25.1 Å². The molecule has 1 aromatic carbocycles. The number of hydrogen-bond donors (Lipinski definition) is 1. The van der Waals surface area contributed by atoms with Crippen LogP contribution in [0.2, 0.25) is 5.02 Å². The summed E-state index contributed by atoms with van der Waals surface area (Å²) in [5.41, 5.74) is 4.36. The number of rotatable bonds is 3.